The molecule has 2 rings (SSSR count). The van der Waals surface area contributed by atoms with Crippen LogP contribution < -0.4 is 5.32 Å². The van der Waals surface area contributed by atoms with Gasteiger partial charge in [-0.05, 0) is 30.7 Å². The molecule has 6 heteroatoms. The van der Waals surface area contributed by atoms with E-state index in [4.69, 9.17) is 0 Å². The molecular formula is C14H13FN2O3. The third kappa shape index (κ3) is 3.23. The summed E-state index contributed by atoms with van der Waals surface area (Å²) in [6, 6.07) is 9.69. The first-order valence-corrected chi connectivity index (χ1v) is 5.96. The fraction of sp³-hybridized carbons (Fsp3) is 0.143. The molecule has 0 aromatic heterocycles. The van der Waals surface area contributed by atoms with Crippen molar-refractivity contribution in [2.75, 3.05) is 5.32 Å². The number of rotatable bonds is 4. The number of non-ortho nitro benzene ring substituents is 1. The van der Waals surface area contributed by atoms with Gasteiger partial charge in [0, 0.05) is 17.8 Å². The fourth-order valence-electron chi connectivity index (χ4n) is 1.89. The average molecular weight is 276 g/mol. The van der Waals surface area contributed by atoms with Crippen LogP contribution in [0.25, 0.3) is 0 Å². The number of hydrogen-bond acceptors (Lipinski definition) is 4. The summed E-state index contributed by atoms with van der Waals surface area (Å²) in [6.45, 7) is 1.81. The van der Waals surface area contributed by atoms with Crippen molar-refractivity contribution in [1.29, 1.82) is 0 Å². The van der Waals surface area contributed by atoms with Gasteiger partial charge in [0.05, 0.1) is 11.0 Å². The van der Waals surface area contributed by atoms with Crippen LogP contribution in [0.5, 0.6) is 5.75 Å². The Morgan fingerprint density at radius 1 is 1.30 bits per heavy atom. The second-order valence-corrected chi connectivity index (χ2v) is 4.42. The van der Waals surface area contributed by atoms with Gasteiger partial charge < -0.3 is 10.4 Å². The summed E-state index contributed by atoms with van der Waals surface area (Å²) in [5.74, 6) is -0.550. The summed E-state index contributed by atoms with van der Waals surface area (Å²) in [7, 11) is 0. The fourth-order valence-corrected chi connectivity index (χ4v) is 1.89. The molecule has 0 amide bonds. The van der Waals surface area contributed by atoms with Gasteiger partial charge in [-0.25, -0.2) is 4.39 Å². The van der Waals surface area contributed by atoms with E-state index in [1.165, 1.54) is 12.1 Å². The molecule has 0 bridgehead atoms. The first kappa shape index (κ1) is 13.8. The van der Waals surface area contributed by atoms with Gasteiger partial charge in [-0.15, -0.1) is 0 Å². The van der Waals surface area contributed by atoms with E-state index >= 15 is 0 Å². The monoisotopic (exact) mass is 276 g/mol. The van der Waals surface area contributed by atoms with Crippen LogP contribution in [0.1, 0.15) is 18.5 Å². The number of anilines is 1. The lowest BCUT2D eigenvalue weighted by molar-refractivity contribution is -0.385. The zero-order chi connectivity index (χ0) is 14.7. The van der Waals surface area contributed by atoms with Crippen molar-refractivity contribution in [2.24, 2.45) is 0 Å². The molecule has 20 heavy (non-hydrogen) atoms. The van der Waals surface area contributed by atoms with E-state index in [0.717, 1.165) is 11.6 Å². The van der Waals surface area contributed by atoms with Crippen molar-refractivity contribution in [1.82, 2.24) is 0 Å². The van der Waals surface area contributed by atoms with Crippen LogP contribution in [0.4, 0.5) is 15.8 Å². The molecular weight excluding hydrogens is 263 g/mol. The number of phenols is 1. The molecule has 0 saturated heterocycles. The molecule has 1 unspecified atom stereocenters. The Morgan fingerprint density at radius 2 is 2.05 bits per heavy atom. The molecule has 1 atom stereocenters. The number of halogens is 1. The Bertz CT molecular complexity index is 646. The summed E-state index contributed by atoms with van der Waals surface area (Å²) < 4.78 is 13.3. The van der Waals surface area contributed by atoms with Crippen LogP contribution in [0.3, 0.4) is 0 Å². The zero-order valence-electron chi connectivity index (χ0n) is 10.7. The molecule has 104 valence electrons. The first-order chi connectivity index (χ1) is 9.45. The molecule has 0 radical (unpaired) electrons. The smallest absolute Gasteiger partial charge is 0.274 e. The Balaban J connectivity index is 2.23. The standard InChI is InChI=1S/C14H13FN2O3/c1-9(10-3-2-4-14(18)5-10)16-12-6-11(15)7-13(8-12)17(19)20/h2-9,16,18H,1H3. The van der Waals surface area contributed by atoms with Crippen LogP contribution in [0.15, 0.2) is 42.5 Å². The minimum absolute atomic E-state index is 0.126. The van der Waals surface area contributed by atoms with Gasteiger partial charge in [-0.3, -0.25) is 10.1 Å². The number of nitro benzene ring substituents is 1. The second kappa shape index (κ2) is 5.56. The molecule has 0 saturated carbocycles. The van der Waals surface area contributed by atoms with E-state index in [2.05, 4.69) is 5.32 Å². The van der Waals surface area contributed by atoms with Gasteiger partial charge in [0.2, 0.25) is 0 Å². The highest BCUT2D eigenvalue weighted by atomic mass is 19.1. The van der Waals surface area contributed by atoms with Crippen molar-refractivity contribution in [3.8, 4) is 5.75 Å². The van der Waals surface area contributed by atoms with Crippen LogP contribution in [-0.4, -0.2) is 10.0 Å². The van der Waals surface area contributed by atoms with Gasteiger partial charge >= 0.3 is 0 Å². The Morgan fingerprint density at radius 3 is 2.70 bits per heavy atom. The number of nitrogens with zero attached hydrogens (tertiary/aromatic N) is 1. The maximum atomic E-state index is 13.3. The Hall–Kier alpha value is -2.63. The quantitative estimate of drug-likeness (QED) is 0.660. The number of benzene rings is 2. The summed E-state index contributed by atoms with van der Waals surface area (Å²) in [5.41, 5.74) is 0.792. The van der Waals surface area contributed by atoms with Crippen molar-refractivity contribution < 1.29 is 14.4 Å². The lowest BCUT2D eigenvalue weighted by Crippen LogP contribution is -2.07. The highest BCUT2D eigenvalue weighted by Crippen LogP contribution is 2.25. The molecule has 0 heterocycles. The molecule has 2 aromatic carbocycles. The summed E-state index contributed by atoms with van der Waals surface area (Å²) in [5, 5.41) is 23.1. The summed E-state index contributed by atoms with van der Waals surface area (Å²) in [6.07, 6.45) is 0. The average Bonchev–Trinajstić information content (AvgIpc) is 2.37. The third-order valence-corrected chi connectivity index (χ3v) is 2.85. The molecule has 0 fully saturated rings. The normalized spacial score (nSPS) is 11.9. The summed E-state index contributed by atoms with van der Waals surface area (Å²) in [4.78, 5) is 10.0. The first-order valence-electron chi connectivity index (χ1n) is 5.96. The van der Waals surface area contributed by atoms with Gasteiger partial charge in [0.25, 0.3) is 5.69 Å². The van der Waals surface area contributed by atoms with E-state index < -0.39 is 10.7 Å². The SMILES string of the molecule is CC(Nc1cc(F)cc([N+](=O)[O-])c1)c1cccc(O)c1. The molecule has 2 aromatic rings. The number of hydrogen-bond donors (Lipinski definition) is 2. The van der Waals surface area contributed by atoms with Gasteiger partial charge in [0.1, 0.15) is 11.6 Å². The van der Waals surface area contributed by atoms with Gasteiger partial charge in [-0.1, -0.05) is 12.1 Å². The minimum atomic E-state index is -0.676. The highest BCUT2D eigenvalue weighted by molar-refractivity contribution is 5.53. The molecule has 0 aliphatic rings. The molecule has 5 nitrogen and oxygen atoms in total. The van der Waals surface area contributed by atoms with Crippen molar-refractivity contribution >= 4 is 11.4 Å². The van der Waals surface area contributed by atoms with E-state index in [9.17, 15) is 19.6 Å². The maximum Gasteiger partial charge on any atom is 0.274 e. The highest BCUT2D eigenvalue weighted by Gasteiger charge is 2.12. The molecule has 2 N–H and O–H groups in total. The largest absolute Gasteiger partial charge is 0.508 e. The third-order valence-electron chi connectivity index (χ3n) is 2.85. The maximum absolute atomic E-state index is 13.3. The van der Waals surface area contributed by atoms with Gasteiger partial charge in [0.15, 0.2) is 0 Å². The zero-order valence-corrected chi connectivity index (χ0v) is 10.7. The molecule has 0 spiro atoms. The number of nitrogens with one attached hydrogen (secondary N) is 1. The van der Waals surface area contributed by atoms with Gasteiger partial charge in [-0.2, -0.15) is 0 Å². The van der Waals surface area contributed by atoms with Crippen molar-refractivity contribution in [2.45, 2.75) is 13.0 Å². The minimum Gasteiger partial charge on any atom is -0.508 e. The number of aromatic hydroxyl groups is 1. The molecule has 0 aliphatic heterocycles. The van der Waals surface area contributed by atoms with Crippen LogP contribution in [0, 0.1) is 15.9 Å². The van der Waals surface area contributed by atoms with Crippen molar-refractivity contribution in [3.63, 3.8) is 0 Å². The van der Waals surface area contributed by atoms with Crippen LogP contribution in [0.2, 0.25) is 0 Å². The second-order valence-electron chi connectivity index (χ2n) is 4.42. The van der Waals surface area contributed by atoms with E-state index in [1.807, 2.05) is 6.92 Å². The van der Waals surface area contributed by atoms with Crippen molar-refractivity contribution in [3.05, 3.63) is 64.0 Å². The van der Waals surface area contributed by atoms with Crippen LogP contribution >= 0.6 is 0 Å². The van der Waals surface area contributed by atoms with Crippen LogP contribution in [-0.2, 0) is 0 Å². The molecule has 0 aliphatic carbocycles. The van der Waals surface area contributed by atoms with E-state index in [1.54, 1.807) is 24.3 Å². The predicted octanol–water partition coefficient (Wildman–Crippen LogP) is 3.61. The Labute approximate surface area is 114 Å². The predicted molar refractivity (Wildman–Crippen MR) is 73.2 cm³/mol. The number of phenolic OH excluding ortho intramolecular Hbond substituents is 1. The summed E-state index contributed by atoms with van der Waals surface area (Å²) >= 11 is 0. The lowest BCUT2D eigenvalue weighted by atomic mass is 10.1. The number of nitro groups is 1. The Kier molecular flexibility index (Phi) is 3.84. The topological polar surface area (TPSA) is 75.4 Å². The van der Waals surface area contributed by atoms with E-state index in [-0.39, 0.29) is 17.5 Å². The lowest BCUT2D eigenvalue weighted by Gasteiger charge is -2.16. The van der Waals surface area contributed by atoms with E-state index in [0.29, 0.717) is 5.69 Å².